The van der Waals surface area contributed by atoms with Crippen molar-refractivity contribution in [2.24, 2.45) is 39.7 Å². The van der Waals surface area contributed by atoms with Gasteiger partial charge in [-0.3, -0.25) is 14.4 Å². The van der Waals surface area contributed by atoms with Gasteiger partial charge in [-0.1, -0.05) is 44.3 Å². The Morgan fingerprint density at radius 3 is 2.54 bits per heavy atom. The number of amides is 2. The lowest BCUT2D eigenvalue weighted by Crippen LogP contribution is -2.54. The minimum atomic E-state index is -1.15. The fourth-order valence-corrected chi connectivity index (χ4v) is 8.09. The summed E-state index contributed by atoms with van der Waals surface area (Å²) < 4.78 is 0. The molecular formula is C30H43N3O6. The summed E-state index contributed by atoms with van der Waals surface area (Å²) in [5, 5.41) is 29.1. The van der Waals surface area contributed by atoms with Crippen LogP contribution in [0, 0.1) is 46.8 Å². The highest BCUT2D eigenvalue weighted by atomic mass is 16.6. The zero-order chi connectivity index (χ0) is 28.6. The number of fused-ring (bicyclic) bond motifs is 5. The molecule has 0 aromatic heterocycles. The number of carbonyl (C=O) groups excluding carboxylic acids is 2. The van der Waals surface area contributed by atoms with Crippen LogP contribution in [0.1, 0.15) is 79.1 Å². The number of terminal acetylenes is 1. The van der Waals surface area contributed by atoms with E-state index in [1.165, 1.54) is 5.57 Å². The second-order valence-corrected chi connectivity index (χ2v) is 12.8. The number of aliphatic carboxylic acids is 1. The number of hydrogen-bond donors (Lipinski definition) is 4. The average molecular weight is 542 g/mol. The Kier molecular flexibility index (Phi) is 8.18. The topological polar surface area (TPSA) is 137 Å². The largest absolute Gasteiger partial charge is 0.480 e. The molecule has 9 heteroatoms. The summed E-state index contributed by atoms with van der Waals surface area (Å²) in [5.74, 6) is 1.90. The first-order valence-electron chi connectivity index (χ1n) is 14.2. The standard InChI is InChI=1S/C30H43N3O6/c1-6-30(38)14-11-23-21-8-7-19-15-20(9-12-28(19,4)22(21)10-13-29(23,30)5)33-39-17-24(34)32-26(18(2)3)27(37)31-16-25(35)36/h1,15,18,21-23,26,38H,7-14,16-17H2,2-5H3,(H,31,37)(H,32,34)(H,35,36)/b33-20+/t21-,22-,23-,26+,28+,29+,30-/m1/s1. The van der Waals surface area contributed by atoms with Crippen LogP contribution in [-0.4, -0.2) is 58.5 Å². The molecule has 4 rings (SSSR count). The normalized spacial score (nSPS) is 37.0. The predicted octanol–water partition coefficient (Wildman–Crippen LogP) is 3.03. The fraction of sp³-hybridized carbons (Fsp3) is 0.733. The molecule has 0 bridgehead atoms. The summed E-state index contributed by atoms with van der Waals surface area (Å²) in [5.41, 5.74) is 1.10. The first-order chi connectivity index (χ1) is 18.3. The van der Waals surface area contributed by atoms with Crippen molar-refractivity contribution in [3.63, 3.8) is 0 Å². The highest BCUT2D eigenvalue weighted by Crippen LogP contribution is 2.67. The van der Waals surface area contributed by atoms with Crippen molar-refractivity contribution in [3.8, 4) is 12.3 Å². The lowest BCUT2D eigenvalue weighted by atomic mass is 9.46. The molecule has 2 amide bonds. The molecule has 0 aromatic carbocycles. The summed E-state index contributed by atoms with van der Waals surface area (Å²) in [4.78, 5) is 40.8. The van der Waals surface area contributed by atoms with Crippen molar-refractivity contribution in [1.82, 2.24) is 10.6 Å². The van der Waals surface area contributed by atoms with Gasteiger partial charge in [-0.05, 0) is 86.5 Å². The van der Waals surface area contributed by atoms with E-state index in [0.29, 0.717) is 24.2 Å². The first kappa shape index (κ1) is 29.1. The molecule has 0 aromatic rings. The summed E-state index contributed by atoms with van der Waals surface area (Å²) in [7, 11) is 0. The molecule has 0 heterocycles. The van der Waals surface area contributed by atoms with Crippen LogP contribution < -0.4 is 10.6 Å². The van der Waals surface area contributed by atoms with Gasteiger partial charge >= 0.3 is 5.97 Å². The van der Waals surface area contributed by atoms with Crippen LogP contribution in [0.25, 0.3) is 0 Å². The quantitative estimate of drug-likeness (QED) is 0.275. The minimum Gasteiger partial charge on any atom is -0.480 e. The average Bonchev–Trinajstić information content (AvgIpc) is 3.16. The van der Waals surface area contributed by atoms with E-state index in [4.69, 9.17) is 16.4 Å². The van der Waals surface area contributed by atoms with Gasteiger partial charge in [0.2, 0.25) is 5.91 Å². The van der Waals surface area contributed by atoms with Gasteiger partial charge in [0, 0.05) is 5.41 Å². The molecule has 4 aliphatic carbocycles. The van der Waals surface area contributed by atoms with E-state index in [1.807, 2.05) is 0 Å². The van der Waals surface area contributed by atoms with Crippen LogP contribution >= 0.6 is 0 Å². The van der Waals surface area contributed by atoms with Crippen LogP contribution in [0.15, 0.2) is 16.8 Å². The van der Waals surface area contributed by atoms with E-state index in [-0.39, 0.29) is 23.4 Å². The molecular weight excluding hydrogens is 498 g/mol. The molecule has 0 spiro atoms. The van der Waals surface area contributed by atoms with Crippen molar-refractivity contribution in [3.05, 3.63) is 11.6 Å². The van der Waals surface area contributed by atoms with Gasteiger partial charge in [0.1, 0.15) is 18.2 Å². The highest BCUT2D eigenvalue weighted by molar-refractivity contribution is 5.96. The summed E-state index contributed by atoms with van der Waals surface area (Å²) in [6, 6.07) is -0.866. The van der Waals surface area contributed by atoms with E-state index in [2.05, 4.69) is 41.6 Å². The Morgan fingerprint density at radius 2 is 1.87 bits per heavy atom. The molecule has 0 saturated heterocycles. The number of carbonyl (C=O) groups is 3. The Morgan fingerprint density at radius 1 is 1.15 bits per heavy atom. The number of carboxylic acid groups (broad SMARTS) is 1. The third-order valence-corrected chi connectivity index (χ3v) is 10.4. The number of aliphatic hydroxyl groups is 1. The van der Waals surface area contributed by atoms with Gasteiger partial charge in [0.25, 0.3) is 5.91 Å². The lowest BCUT2D eigenvalue weighted by Gasteiger charge is -2.58. The molecule has 3 saturated carbocycles. The Hall–Kier alpha value is -2.86. The summed E-state index contributed by atoms with van der Waals surface area (Å²) in [6.45, 7) is 7.28. The van der Waals surface area contributed by atoms with E-state index >= 15 is 0 Å². The van der Waals surface area contributed by atoms with Crippen LogP contribution in [0.5, 0.6) is 0 Å². The van der Waals surface area contributed by atoms with Gasteiger partial charge in [-0.25, -0.2) is 0 Å². The van der Waals surface area contributed by atoms with Crippen LogP contribution in [-0.2, 0) is 19.2 Å². The van der Waals surface area contributed by atoms with E-state index in [9.17, 15) is 19.5 Å². The number of oxime groups is 1. The number of carboxylic acids is 1. The molecule has 3 fully saturated rings. The van der Waals surface area contributed by atoms with Gasteiger partial charge < -0.3 is 25.7 Å². The lowest BCUT2D eigenvalue weighted by molar-refractivity contribution is -0.138. The number of rotatable bonds is 8. The molecule has 7 atom stereocenters. The Labute approximate surface area is 231 Å². The number of nitrogens with one attached hydrogen (secondary N) is 2. The molecule has 0 aliphatic heterocycles. The predicted molar refractivity (Wildman–Crippen MR) is 146 cm³/mol. The molecule has 39 heavy (non-hydrogen) atoms. The summed E-state index contributed by atoms with van der Waals surface area (Å²) in [6.07, 6.45) is 15.5. The zero-order valence-corrected chi connectivity index (χ0v) is 23.6. The third kappa shape index (κ3) is 5.32. The number of nitrogens with zero attached hydrogens (tertiary/aromatic N) is 1. The summed E-state index contributed by atoms with van der Waals surface area (Å²) >= 11 is 0. The Bertz CT molecular complexity index is 1110. The SMILES string of the molecule is C#C[C@@]1(O)CC[C@@H]2[C@@H]3CCC4=C/C(=N/OCC(=O)N[C@H](C(=O)NCC(=O)O)C(C)C)CC[C@]4(C)[C@@H]3CC[C@@]21C. The van der Waals surface area contributed by atoms with Crippen molar-refractivity contribution in [1.29, 1.82) is 0 Å². The van der Waals surface area contributed by atoms with Gasteiger partial charge in [-0.2, -0.15) is 0 Å². The van der Waals surface area contributed by atoms with Crippen molar-refractivity contribution in [2.75, 3.05) is 13.2 Å². The number of hydrogen-bond acceptors (Lipinski definition) is 6. The molecule has 214 valence electrons. The van der Waals surface area contributed by atoms with Crippen LogP contribution in [0.2, 0.25) is 0 Å². The second kappa shape index (κ2) is 11.0. The third-order valence-electron chi connectivity index (χ3n) is 10.4. The van der Waals surface area contributed by atoms with Crippen LogP contribution in [0.4, 0.5) is 0 Å². The van der Waals surface area contributed by atoms with Crippen molar-refractivity contribution >= 4 is 23.5 Å². The molecule has 0 radical (unpaired) electrons. The first-order valence-corrected chi connectivity index (χ1v) is 14.2. The molecule has 9 nitrogen and oxygen atoms in total. The van der Waals surface area contributed by atoms with E-state index in [0.717, 1.165) is 50.7 Å². The highest BCUT2D eigenvalue weighted by Gasteiger charge is 2.63. The van der Waals surface area contributed by atoms with Gasteiger partial charge in [-0.15, -0.1) is 6.42 Å². The van der Waals surface area contributed by atoms with Crippen LogP contribution in [0.3, 0.4) is 0 Å². The molecule has 0 unspecified atom stereocenters. The van der Waals surface area contributed by atoms with Gasteiger partial charge in [0.05, 0.1) is 5.71 Å². The maximum atomic E-state index is 12.4. The second-order valence-electron chi connectivity index (χ2n) is 12.8. The fourth-order valence-electron chi connectivity index (χ4n) is 8.09. The van der Waals surface area contributed by atoms with Crippen molar-refractivity contribution in [2.45, 2.75) is 90.7 Å². The maximum absolute atomic E-state index is 12.4. The number of allylic oxidation sites excluding steroid dienone is 2. The van der Waals surface area contributed by atoms with Gasteiger partial charge in [0.15, 0.2) is 6.61 Å². The molecule has 4 N–H and O–H groups in total. The Balaban J connectivity index is 1.36. The smallest absolute Gasteiger partial charge is 0.322 e. The maximum Gasteiger partial charge on any atom is 0.322 e. The van der Waals surface area contributed by atoms with E-state index < -0.39 is 36.0 Å². The zero-order valence-electron chi connectivity index (χ0n) is 23.6. The monoisotopic (exact) mass is 541 g/mol. The minimum absolute atomic E-state index is 0.0886. The van der Waals surface area contributed by atoms with Crippen molar-refractivity contribution < 1.29 is 29.4 Å². The van der Waals surface area contributed by atoms with E-state index in [1.54, 1.807) is 13.8 Å². The molecule has 4 aliphatic rings.